The molecule has 3 heterocycles. The second-order valence-electron chi connectivity index (χ2n) is 6.62. The summed E-state index contributed by atoms with van der Waals surface area (Å²) in [5, 5.41) is 7.43. The molecule has 7 heteroatoms. The van der Waals surface area contributed by atoms with Crippen molar-refractivity contribution in [2.75, 3.05) is 20.8 Å². The van der Waals surface area contributed by atoms with E-state index in [9.17, 15) is 4.79 Å². The zero-order chi connectivity index (χ0) is 19.7. The van der Waals surface area contributed by atoms with Gasteiger partial charge in [0.15, 0.2) is 11.5 Å². The van der Waals surface area contributed by atoms with Crippen LogP contribution < -0.4 is 9.47 Å². The van der Waals surface area contributed by atoms with E-state index in [1.54, 1.807) is 26.6 Å². The van der Waals surface area contributed by atoms with Gasteiger partial charge >= 0.3 is 0 Å². The molecule has 28 heavy (non-hydrogen) atoms. The van der Waals surface area contributed by atoms with Crippen LogP contribution in [0.2, 0.25) is 0 Å². The zero-order valence-corrected chi connectivity index (χ0v) is 16.1. The Morgan fingerprint density at radius 3 is 2.68 bits per heavy atom. The summed E-state index contributed by atoms with van der Waals surface area (Å²) in [6, 6.07) is 9.30. The molecule has 1 amide bonds. The first-order chi connectivity index (χ1) is 13.7. The van der Waals surface area contributed by atoms with E-state index in [0.717, 1.165) is 28.8 Å². The third kappa shape index (κ3) is 2.79. The molecule has 4 rings (SSSR count). The highest BCUT2D eigenvalue weighted by Gasteiger charge is 2.41. The number of fused-ring (bicyclic) bond motifs is 1. The van der Waals surface area contributed by atoms with Crippen molar-refractivity contribution in [3.8, 4) is 22.8 Å². The zero-order valence-electron chi connectivity index (χ0n) is 16.1. The average molecular weight is 378 g/mol. The molecule has 144 valence electrons. The van der Waals surface area contributed by atoms with Gasteiger partial charge in [-0.2, -0.15) is 5.10 Å². The molecule has 1 aromatic carbocycles. The van der Waals surface area contributed by atoms with Crippen molar-refractivity contribution in [2.24, 2.45) is 0 Å². The van der Waals surface area contributed by atoms with Crippen LogP contribution in [0.1, 0.15) is 41.0 Å². The van der Waals surface area contributed by atoms with Crippen LogP contribution in [0.4, 0.5) is 0 Å². The predicted octanol–water partition coefficient (Wildman–Crippen LogP) is 3.44. The fraction of sp³-hybridized carbons (Fsp3) is 0.286. The number of rotatable bonds is 6. The Hall–Kier alpha value is -3.35. The number of nitrogens with zero attached hydrogens (tertiary/aromatic N) is 3. The third-order valence-corrected chi connectivity index (χ3v) is 4.99. The molecule has 7 nitrogen and oxygen atoms in total. The van der Waals surface area contributed by atoms with Gasteiger partial charge in [0.05, 0.1) is 26.0 Å². The number of carbonyl (C=O) groups excluding carboxylic acids is 1. The minimum atomic E-state index is -0.224. The van der Waals surface area contributed by atoms with Gasteiger partial charge in [0.25, 0.3) is 5.91 Å². The Morgan fingerprint density at radius 2 is 2.00 bits per heavy atom. The second-order valence-corrected chi connectivity index (χ2v) is 6.62. The van der Waals surface area contributed by atoms with Crippen LogP contribution in [0.15, 0.2) is 42.7 Å². The van der Waals surface area contributed by atoms with E-state index in [1.165, 1.54) is 0 Å². The van der Waals surface area contributed by atoms with Gasteiger partial charge in [-0.15, -0.1) is 0 Å². The van der Waals surface area contributed by atoms with Crippen LogP contribution in [0, 0.1) is 0 Å². The number of hydrogen-bond acceptors (Lipinski definition) is 5. The van der Waals surface area contributed by atoms with Gasteiger partial charge in [-0.05, 0) is 36.2 Å². The van der Waals surface area contributed by atoms with E-state index in [1.807, 2.05) is 35.2 Å². The number of aromatic amines is 1. The number of aromatic nitrogens is 3. The summed E-state index contributed by atoms with van der Waals surface area (Å²) < 4.78 is 10.8. The topological polar surface area (TPSA) is 80.3 Å². The number of amides is 1. The highest BCUT2D eigenvalue weighted by molar-refractivity contribution is 6.00. The highest BCUT2D eigenvalue weighted by atomic mass is 16.5. The van der Waals surface area contributed by atoms with Crippen LogP contribution in [0.3, 0.4) is 0 Å². The molecule has 0 radical (unpaired) electrons. The van der Waals surface area contributed by atoms with Crippen molar-refractivity contribution < 1.29 is 14.3 Å². The van der Waals surface area contributed by atoms with Crippen LogP contribution in [-0.2, 0) is 0 Å². The summed E-state index contributed by atoms with van der Waals surface area (Å²) >= 11 is 0. The van der Waals surface area contributed by atoms with E-state index in [2.05, 4.69) is 22.1 Å². The average Bonchev–Trinajstić information content (AvgIpc) is 3.28. The molecule has 1 unspecified atom stereocenters. The largest absolute Gasteiger partial charge is 0.493 e. The molecule has 1 atom stereocenters. The molecular formula is C21H22N4O3. The Bertz CT molecular complexity index is 1000. The van der Waals surface area contributed by atoms with Crippen molar-refractivity contribution in [3.63, 3.8) is 0 Å². The lowest BCUT2D eigenvalue weighted by molar-refractivity contribution is 0.0744. The summed E-state index contributed by atoms with van der Waals surface area (Å²) in [5.41, 5.74) is 3.96. The molecule has 2 aromatic heterocycles. The van der Waals surface area contributed by atoms with Crippen molar-refractivity contribution in [3.05, 3.63) is 59.5 Å². The Balaban J connectivity index is 1.87. The van der Waals surface area contributed by atoms with Crippen LogP contribution in [-0.4, -0.2) is 46.8 Å². The lowest BCUT2D eigenvalue weighted by atomic mass is 9.97. The molecule has 0 fully saturated rings. The van der Waals surface area contributed by atoms with Gasteiger partial charge < -0.3 is 14.4 Å². The minimum Gasteiger partial charge on any atom is -0.493 e. The molecule has 0 spiro atoms. The molecular weight excluding hydrogens is 356 g/mol. The standard InChI is InChI=1S/C21H22N4O3/c1-4-10-25-20(14-6-5-9-22-12-14)17-18(23-24-19(17)21(25)26)13-7-8-15(27-2)16(11-13)28-3/h5-9,11-12,20H,4,10H2,1-3H3,(H,23,24). The van der Waals surface area contributed by atoms with Crippen molar-refractivity contribution in [1.82, 2.24) is 20.1 Å². The number of carbonyl (C=O) groups is 1. The number of hydrogen-bond donors (Lipinski definition) is 1. The number of pyridine rings is 1. The second kappa shape index (κ2) is 7.34. The molecule has 1 aliphatic heterocycles. The van der Waals surface area contributed by atoms with Gasteiger partial charge in [-0.25, -0.2) is 0 Å². The Morgan fingerprint density at radius 1 is 1.18 bits per heavy atom. The summed E-state index contributed by atoms with van der Waals surface area (Å²) in [5.74, 6) is 1.22. The van der Waals surface area contributed by atoms with Crippen LogP contribution in [0.25, 0.3) is 11.3 Å². The van der Waals surface area contributed by atoms with Gasteiger partial charge in [0, 0.05) is 30.1 Å². The number of ether oxygens (including phenoxy) is 2. The molecule has 1 N–H and O–H groups in total. The third-order valence-electron chi connectivity index (χ3n) is 4.99. The normalized spacial score (nSPS) is 15.6. The molecule has 0 saturated carbocycles. The molecule has 0 aliphatic carbocycles. The number of benzene rings is 1. The van der Waals surface area contributed by atoms with E-state index in [0.29, 0.717) is 23.7 Å². The van der Waals surface area contributed by atoms with Crippen molar-refractivity contribution >= 4 is 5.91 Å². The number of H-pyrrole nitrogens is 1. The lowest BCUT2D eigenvalue weighted by Gasteiger charge is -2.25. The first kappa shape index (κ1) is 18.0. The fourth-order valence-electron chi connectivity index (χ4n) is 3.76. The lowest BCUT2D eigenvalue weighted by Crippen LogP contribution is -2.30. The summed E-state index contributed by atoms with van der Waals surface area (Å²) in [7, 11) is 3.20. The van der Waals surface area contributed by atoms with Gasteiger partial charge in [0.1, 0.15) is 5.69 Å². The summed E-state index contributed by atoms with van der Waals surface area (Å²) in [6.07, 6.45) is 4.41. The first-order valence-electron chi connectivity index (χ1n) is 9.21. The fourth-order valence-corrected chi connectivity index (χ4v) is 3.76. The maximum absolute atomic E-state index is 13.0. The Kier molecular flexibility index (Phi) is 4.73. The van der Waals surface area contributed by atoms with Gasteiger partial charge in [0.2, 0.25) is 0 Å². The minimum absolute atomic E-state index is 0.0371. The van der Waals surface area contributed by atoms with E-state index < -0.39 is 0 Å². The van der Waals surface area contributed by atoms with E-state index in [-0.39, 0.29) is 11.9 Å². The first-order valence-corrected chi connectivity index (χ1v) is 9.21. The maximum atomic E-state index is 13.0. The van der Waals surface area contributed by atoms with Crippen LogP contribution >= 0.6 is 0 Å². The highest BCUT2D eigenvalue weighted by Crippen LogP contribution is 2.43. The predicted molar refractivity (Wildman–Crippen MR) is 105 cm³/mol. The van der Waals surface area contributed by atoms with E-state index >= 15 is 0 Å². The maximum Gasteiger partial charge on any atom is 0.273 e. The van der Waals surface area contributed by atoms with Crippen molar-refractivity contribution in [1.29, 1.82) is 0 Å². The van der Waals surface area contributed by atoms with Gasteiger partial charge in [-0.1, -0.05) is 13.0 Å². The molecule has 1 aliphatic rings. The quantitative estimate of drug-likeness (QED) is 0.711. The smallest absolute Gasteiger partial charge is 0.273 e. The Labute approximate surface area is 163 Å². The van der Waals surface area contributed by atoms with Gasteiger partial charge in [-0.3, -0.25) is 14.9 Å². The summed E-state index contributed by atoms with van der Waals surface area (Å²) in [6.45, 7) is 2.72. The SMILES string of the molecule is CCCN1C(=O)c2[nH]nc(-c3ccc(OC)c(OC)c3)c2C1c1cccnc1. The van der Waals surface area contributed by atoms with Crippen LogP contribution in [0.5, 0.6) is 11.5 Å². The van der Waals surface area contributed by atoms with E-state index in [4.69, 9.17) is 9.47 Å². The van der Waals surface area contributed by atoms with Crippen molar-refractivity contribution in [2.45, 2.75) is 19.4 Å². The number of nitrogens with one attached hydrogen (secondary N) is 1. The number of methoxy groups -OCH3 is 2. The monoisotopic (exact) mass is 378 g/mol. The molecule has 3 aromatic rings. The molecule has 0 saturated heterocycles. The summed E-state index contributed by atoms with van der Waals surface area (Å²) in [4.78, 5) is 19.2. The molecule has 0 bridgehead atoms.